The van der Waals surface area contributed by atoms with Gasteiger partial charge in [0.15, 0.2) is 0 Å². The lowest BCUT2D eigenvalue weighted by Crippen LogP contribution is -2.28. The van der Waals surface area contributed by atoms with E-state index in [0.29, 0.717) is 17.1 Å². The summed E-state index contributed by atoms with van der Waals surface area (Å²) in [5, 5.41) is 14.5. The smallest absolute Gasteiger partial charge is 0.413 e. The largest absolute Gasteiger partial charge is 0.502 e. The van der Waals surface area contributed by atoms with Crippen LogP contribution in [0.1, 0.15) is 37.6 Å². The molecule has 2 amide bonds. The van der Waals surface area contributed by atoms with Crippen molar-refractivity contribution in [2.75, 3.05) is 12.0 Å². The fraction of sp³-hybridized carbons (Fsp3) is 0.471. The van der Waals surface area contributed by atoms with E-state index in [2.05, 4.69) is 15.6 Å². The van der Waals surface area contributed by atoms with Gasteiger partial charge in [0.25, 0.3) is 5.91 Å². The molecular weight excluding hydrogens is 343 g/mol. The van der Waals surface area contributed by atoms with Crippen molar-refractivity contribution >= 4 is 17.8 Å². The van der Waals surface area contributed by atoms with Crippen molar-refractivity contribution in [2.45, 2.75) is 46.8 Å². The normalized spacial score (nSPS) is 12.2. The number of anilines is 1. The molecule has 1 aromatic rings. The Morgan fingerprint density at radius 3 is 2.46 bits per heavy atom. The SMILES string of the molecule is Cc1cc(NC(=O)OC(C)(C)C)nc(C)c1CNC(=O)/C(O)=C(/N)CF. The number of carbonyl (C=O) groups is 2. The number of amides is 2. The minimum Gasteiger partial charge on any atom is -0.502 e. The number of aliphatic hydroxyl groups is 1. The lowest BCUT2D eigenvalue weighted by atomic mass is 10.1. The molecule has 8 nitrogen and oxygen atoms in total. The first-order chi connectivity index (χ1) is 11.9. The third-order valence-corrected chi connectivity index (χ3v) is 3.27. The third-order valence-electron chi connectivity index (χ3n) is 3.27. The van der Waals surface area contributed by atoms with Crippen molar-refractivity contribution in [2.24, 2.45) is 5.73 Å². The number of nitrogens with one attached hydrogen (secondary N) is 2. The zero-order chi connectivity index (χ0) is 20.1. The number of pyridine rings is 1. The van der Waals surface area contributed by atoms with E-state index in [-0.39, 0.29) is 6.54 Å². The Labute approximate surface area is 151 Å². The van der Waals surface area contributed by atoms with Crippen molar-refractivity contribution in [3.63, 3.8) is 0 Å². The molecule has 0 bridgehead atoms. The summed E-state index contributed by atoms with van der Waals surface area (Å²) < 4.78 is 17.5. The van der Waals surface area contributed by atoms with Gasteiger partial charge >= 0.3 is 6.09 Å². The predicted octanol–water partition coefficient (Wildman–Crippen LogP) is 2.36. The van der Waals surface area contributed by atoms with Crippen LogP contribution < -0.4 is 16.4 Å². The van der Waals surface area contributed by atoms with Gasteiger partial charge < -0.3 is 20.9 Å². The Bertz CT molecular complexity index is 703. The van der Waals surface area contributed by atoms with Crippen LogP contribution in [0, 0.1) is 13.8 Å². The number of carbonyl (C=O) groups excluding carboxylic acids is 2. The van der Waals surface area contributed by atoms with E-state index in [4.69, 9.17) is 10.5 Å². The van der Waals surface area contributed by atoms with Crippen molar-refractivity contribution in [3.05, 3.63) is 34.3 Å². The van der Waals surface area contributed by atoms with Crippen LogP contribution in [0.5, 0.6) is 0 Å². The van der Waals surface area contributed by atoms with Crippen LogP contribution in [0.15, 0.2) is 17.5 Å². The van der Waals surface area contributed by atoms with E-state index >= 15 is 0 Å². The summed E-state index contributed by atoms with van der Waals surface area (Å²) in [6.07, 6.45) is -0.624. The predicted molar refractivity (Wildman–Crippen MR) is 95.2 cm³/mol. The number of nitrogens with zero attached hydrogens (tertiary/aromatic N) is 1. The van der Waals surface area contributed by atoms with Crippen molar-refractivity contribution < 1.29 is 23.8 Å². The highest BCUT2D eigenvalue weighted by Gasteiger charge is 2.18. The summed E-state index contributed by atoms with van der Waals surface area (Å²) in [6, 6.07) is 1.63. The molecule has 0 aliphatic rings. The van der Waals surface area contributed by atoms with Gasteiger partial charge in [-0.05, 0) is 51.8 Å². The van der Waals surface area contributed by atoms with Gasteiger partial charge in [-0.25, -0.2) is 14.2 Å². The van der Waals surface area contributed by atoms with Gasteiger partial charge in [0.2, 0.25) is 5.76 Å². The Balaban J connectivity index is 2.85. The maximum Gasteiger partial charge on any atom is 0.413 e. The fourth-order valence-corrected chi connectivity index (χ4v) is 2.06. The number of aliphatic hydroxyl groups excluding tert-OH is 1. The maximum absolute atomic E-state index is 12.4. The molecule has 0 aromatic carbocycles. The Morgan fingerprint density at radius 2 is 1.96 bits per heavy atom. The number of hydrogen-bond acceptors (Lipinski definition) is 6. The average Bonchev–Trinajstić information content (AvgIpc) is 2.50. The van der Waals surface area contributed by atoms with Gasteiger partial charge in [0, 0.05) is 12.2 Å². The summed E-state index contributed by atoms with van der Waals surface area (Å²) in [5.74, 6) is -1.41. The van der Waals surface area contributed by atoms with Crippen LogP contribution in [0.3, 0.4) is 0 Å². The lowest BCUT2D eigenvalue weighted by molar-refractivity contribution is -0.120. The number of allylic oxidation sites excluding steroid dienone is 1. The second-order valence-electron chi connectivity index (χ2n) is 6.71. The summed E-state index contributed by atoms with van der Waals surface area (Å²) in [6.45, 7) is 7.68. The molecule has 0 aliphatic carbocycles. The van der Waals surface area contributed by atoms with Crippen LogP contribution in [0.25, 0.3) is 0 Å². The van der Waals surface area contributed by atoms with Gasteiger partial charge in [-0.2, -0.15) is 0 Å². The Kier molecular flexibility index (Phi) is 6.93. The van der Waals surface area contributed by atoms with Crippen molar-refractivity contribution in [1.29, 1.82) is 0 Å². The van der Waals surface area contributed by atoms with Crippen molar-refractivity contribution in [3.8, 4) is 0 Å². The number of rotatable bonds is 5. The molecule has 0 unspecified atom stereocenters. The monoisotopic (exact) mass is 368 g/mol. The molecule has 9 heteroatoms. The highest BCUT2D eigenvalue weighted by Crippen LogP contribution is 2.17. The molecule has 144 valence electrons. The quantitative estimate of drug-likeness (QED) is 0.467. The zero-order valence-electron chi connectivity index (χ0n) is 15.6. The van der Waals surface area contributed by atoms with Gasteiger partial charge in [-0.3, -0.25) is 10.1 Å². The molecule has 1 rings (SSSR count). The van der Waals surface area contributed by atoms with Gasteiger partial charge in [-0.15, -0.1) is 0 Å². The number of halogens is 1. The van der Waals surface area contributed by atoms with E-state index in [0.717, 1.165) is 5.56 Å². The summed E-state index contributed by atoms with van der Waals surface area (Å²) in [4.78, 5) is 27.8. The molecule has 0 fully saturated rings. The molecule has 1 aromatic heterocycles. The molecule has 0 spiro atoms. The lowest BCUT2D eigenvalue weighted by Gasteiger charge is -2.20. The molecule has 0 radical (unpaired) electrons. The van der Waals surface area contributed by atoms with Crippen LogP contribution in [0.4, 0.5) is 15.0 Å². The molecule has 0 saturated carbocycles. The van der Waals surface area contributed by atoms with Crippen LogP contribution in [0.2, 0.25) is 0 Å². The third kappa shape index (κ3) is 6.23. The molecule has 0 saturated heterocycles. The minimum absolute atomic E-state index is 0.0554. The maximum atomic E-state index is 12.4. The number of aryl methyl sites for hydroxylation is 2. The number of hydrogen-bond donors (Lipinski definition) is 4. The van der Waals surface area contributed by atoms with Gasteiger partial charge in [0.1, 0.15) is 18.1 Å². The highest BCUT2D eigenvalue weighted by molar-refractivity contribution is 5.91. The van der Waals surface area contributed by atoms with Crippen LogP contribution in [-0.2, 0) is 16.1 Å². The second kappa shape index (κ2) is 8.50. The van der Waals surface area contributed by atoms with Gasteiger partial charge in [-0.1, -0.05) is 0 Å². The van der Waals surface area contributed by atoms with Crippen LogP contribution in [-0.4, -0.2) is 34.4 Å². The first-order valence-electron chi connectivity index (χ1n) is 7.93. The topological polar surface area (TPSA) is 127 Å². The van der Waals surface area contributed by atoms with E-state index in [9.17, 15) is 19.1 Å². The van der Waals surface area contributed by atoms with Crippen LogP contribution >= 0.6 is 0 Å². The Hall–Kier alpha value is -2.84. The minimum atomic E-state index is -1.12. The first-order valence-corrected chi connectivity index (χ1v) is 7.93. The Morgan fingerprint density at radius 1 is 1.35 bits per heavy atom. The summed E-state index contributed by atoms with van der Waals surface area (Å²) in [7, 11) is 0. The van der Waals surface area contributed by atoms with Crippen molar-refractivity contribution in [1.82, 2.24) is 10.3 Å². The number of nitrogens with two attached hydrogens (primary N) is 1. The van der Waals surface area contributed by atoms with E-state index in [1.165, 1.54) is 0 Å². The average molecular weight is 368 g/mol. The highest BCUT2D eigenvalue weighted by atomic mass is 19.1. The molecular formula is C17H25FN4O4. The standard InChI is InChI=1S/C17H25FN4O4/c1-9-6-13(22-16(25)26-17(3,4)5)21-10(2)11(9)8-20-15(24)14(23)12(19)7-18/h6,23H,7-8,19H2,1-5H3,(H,20,24)(H,21,22,25)/b14-12-. The summed E-state index contributed by atoms with van der Waals surface area (Å²) >= 11 is 0. The van der Waals surface area contributed by atoms with E-state index in [1.807, 2.05) is 0 Å². The zero-order valence-corrected chi connectivity index (χ0v) is 15.6. The number of aromatic nitrogens is 1. The molecule has 0 aliphatic heterocycles. The van der Waals surface area contributed by atoms with E-state index in [1.54, 1.807) is 40.7 Å². The molecule has 1 heterocycles. The molecule has 26 heavy (non-hydrogen) atoms. The summed E-state index contributed by atoms with van der Waals surface area (Å²) in [5.41, 5.74) is 6.04. The molecule has 0 atom stereocenters. The molecule has 5 N–H and O–H groups in total. The second-order valence-corrected chi connectivity index (χ2v) is 6.71. The first kappa shape index (κ1) is 21.2. The fourth-order valence-electron chi connectivity index (χ4n) is 2.06. The number of alkyl halides is 1. The van der Waals surface area contributed by atoms with E-state index < -0.39 is 35.7 Å². The number of ether oxygens (including phenoxy) is 1. The van der Waals surface area contributed by atoms with Gasteiger partial charge in [0.05, 0.1) is 5.70 Å².